The Labute approximate surface area is 147 Å². The van der Waals surface area contributed by atoms with Gasteiger partial charge < -0.3 is 9.73 Å². The van der Waals surface area contributed by atoms with Gasteiger partial charge in [-0.3, -0.25) is 0 Å². The minimum absolute atomic E-state index is 0.587. The number of rotatable bonds is 7. The van der Waals surface area contributed by atoms with Crippen LogP contribution in [0.25, 0.3) is 10.8 Å². The van der Waals surface area contributed by atoms with Crippen LogP contribution in [-0.4, -0.2) is 21.7 Å². The Kier molecular flexibility index (Phi) is 5.34. The third-order valence-electron chi connectivity index (χ3n) is 3.02. The third-order valence-corrected chi connectivity index (χ3v) is 5.91. The van der Waals surface area contributed by atoms with Crippen molar-refractivity contribution in [2.75, 3.05) is 11.9 Å². The first-order valence-electron chi connectivity index (χ1n) is 7.32. The molecule has 0 spiro atoms. The Morgan fingerprint density at radius 1 is 1.35 bits per heavy atom. The van der Waals surface area contributed by atoms with Gasteiger partial charge in [0.15, 0.2) is 4.34 Å². The van der Waals surface area contributed by atoms with Gasteiger partial charge in [0.2, 0.25) is 11.0 Å². The number of aromatic nitrogens is 3. The van der Waals surface area contributed by atoms with Gasteiger partial charge in [0.05, 0.1) is 10.6 Å². The topological polar surface area (TPSA) is 63.8 Å². The molecule has 0 unspecified atom stereocenters. The zero-order chi connectivity index (χ0) is 16.2. The quantitative estimate of drug-likeness (QED) is 0.599. The number of aryl methyl sites for hydroxylation is 1. The number of oxazole rings is 1. The smallest absolute Gasteiger partial charge is 0.236 e. The Morgan fingerprint density at radius 3 is 2.96 bits per heavy atom. The summed E-state index contributed by atoms with van der Waals surface area (Å²) in [7, 11) is 0. The standard InChI is InChI=1S/C15H18N4OS3/c1-9(2)7-16-14-18-19-15(23-14)22-8-11-10(3)20-13(17-11)12-5-4-6-21-12/h4-6,9H,7-8H2,1-3H3,(H,16,18). The first-order chi connectivity index (χ1) is 11.1. The summed E-state index contributed by atoms with van der Waals surface area (Å²) >= 11 is 4.85. The normalized spacial score (nSPS) is 11.3. The molecule has 5 nitrogen and oxygen atoms in total. The van der Waals surface area contributed by atoms with Crippen LogP contribution in [0.2, 0.25) is 0 Å². The van der Waals surface area contributed by atoms with Crippen molar-refractivity contribution in [3.8, 4) is 10.8 Å². The van der Waals surface area contributed by atoms with Crippen LogP contribution in [-0.2, 0) is 5.75 Å². The van der Waals surface area contributed by atoms with E-state index < -0.39 is 0 Å². The van der Waals surface area contributed by atoms with E-state index in [1.165, 1.54) is 0 Å². The maximum Gasteiger partial charge on any atom is 0.236 e. The maximum atomic E-state index is 5.76. The summed E-state index contributed by atoms with van der Waals surface area (Å²) < 4.78 is 6.70. The number of nitrogens with one attached hydrogen (secondary N) is 1. The fraction of sp³-hybridized carbons (Fsp3) is 0.400. The molecule has 3 heterocycles. The van der Waals surface area contributed by atoms with Crippen LogP contribution in [0.3, 0.4) is 0 Å². The van der Waals surface area contributed by atoms with E-state index >= 15 is 0 Å². The second-order valence-electron chi connectivity index (χ2n) is 5.44. The molecule has 0 aliphatic heterocycles. The van der Waals surface area contributed by atoms with Crippen molar-refractivity contribution >= 4 is 39.6 Å². The molecule has 0 bridgehead atoms. The molecule has 3 aromatic heterocycles. The average Bonchev–Trinajstić information content (AvgIpc) is 3.24. The van der Waals surface area contributed by atoms with E-state index in [0.29, 0.717) is 11.8 Å². The zero-order valence-electron chi connectivity index (χ0n) is 13.2. The predicted molar refractivity (Wildman–Crippen MR) is 97.4 cm³/mol. The van der Waals surface area contributed by atoms with Gasteiger partial charge in [-0.1, -0.05) is 43.0 Å². The fourth-order valence-electron chi connectivity index (χ4n) is 1.83. The molecule has 0 fully saturated rings. The Bertz CT molecular complexity index is 749. The summed E-state index contributed by atoms with van der Waals surface area (Å²) in [6, 6.07) is 4.02. The summed E-state index contributed by atoms with van der Waals surface area (Å²) in [6.45, 7) is 7.20. The molecule has 1 N–H and O–H groups in total. The molecule has 0 atom stereocenters. The minimum atomic E-state index is 0.587. The first kappa shape index (κ1) is 16.5. The van der Waals surface area contributed by atoms with Crippen molar-refractivity contribution in [3.05, 3.63) is 29.0 Å². The Balaban J connectivity index is 1.60. The van der Waals surface area contributed by atoms with Crippen LogP contribution in [0, 0.1) is 12.8 Å². The number of thioether (sulfide) groups is 1. The van der Waals surface area contributed by atoms with Crippen LogP contribution in [0.5, 0.6) is 0 Å². The van der Waals surface area contributed by atoms with E-state index in [9.17, 15) is 0 Å². The van der Waals surface area contributed by atoms with E-state index in [2.05, 4.69) is 34.3 Å². The van der Waals surface area contributed by atoms with Crippen molar-refractivity contribution in [3.63, 3.8) is 0 Å². The summed E-state index contributed by atoms with van der Waals surface area (Å²) in [4.78, 5) is 5.65. The number of nitrogens with zero attached hydrogens (tertiary/aromatic N) is 3. The second kappa shape index (κ2) is 7.46. The van der Waals surface area contributed by atoms with Gasteiger partial charge in [-0.25, -0.2) is 4.98 Å². The second-order valence-corrected chi connectivity index (χ2v) is 8.58. The minimum Gasteiger partial charge on any atom is -0.440 e. The van der Waals surface area contributed by atoms with Gasteiger partial charge in [-0.2, -0.15) is 0 Å². The van der Waals surface area contributed by atoms with Crippen LogP contribution >= 0.6 is 34.4 Å². The molecular formula is C15H18N4OS3. The molecule has 0 amide bonds. The molecule has 23 heavy (non-hydrogen) atoms. The first-order valence-corrected chi connectivity index (χ1v) is 10.0. The molecule has 3 aromatic rings. The summed E-state index contributed by atoms with van der Waals surface area (Å²) in [5.41, 5.74) is 0.963. The van der Waals surface area contributed by atoms with Gasteiger partial charge in [0.25, 0.3) is 0 Å². The molecule has 3 rings (SSSR count). The number of hydrogen-bond acceptors (Lipinski definition) is 8. The van der Waals surface area contributed by atoms with E-state index in [1.54, 1.807) is 34.4 Å². The van der Waals surface area contributed by atoms with Gasteiger partial charge in [0, 0.05) is 12.3 Å². The highest BCUT2D eigenvalue weighted by molar-refractivity contribution is 8.00. The molecule has 0 aliphatic carbocycles. The number of anilines is 1. The van der Waals surface area contributed by atoms with Gasteiger partial charge in [0.1, 0.15) is 5.76 Å². The van der Waals surface area contributed by atoms with Crippen molar-refractivity contribution in [2.24, 2.45) is 5.92 Å². The molecule has 0 saturated heterocycles. The summed E-state index contributed by atoms with van der Waals surface area (Å²) in [6.07, 6.45) is 0. The zero-order valence-corrected chi connectivity index (χ0v) is 15.6. The molecule has 0 aromatic carbocycles. The third kappa shape index (κ3) is 4.33. The van der Waals surface area contributed by atoms with Crippen LogP contribution in [0.4, 0.5) is 5.13 Å². The molecule has 0 radical (unpaired) electrons. The Morgan fingerprint density at radius 2 is 2.22 bits per heavy atom. The average molecular weight is 367 g/mol. The SMILES string of the molecule is Cc1oc(-c2cccs2)nc1CSc1nnc(NCC(C)C)s1. The Hall–Kier alpha value is -1.38. The number of hydrogen-bond donors (Lipinski definition) is 1. The molecule has 0 saturated carbocycles. The highest BCUT2D eigenvalue weighted by Crippen LogP contribution is 2.31. The number of thiophene rings is 1. The summed E-state index contributed by atoms with van der Waals surface area (Å²) in [5, 5.41) is 14.6. The maximum absolute atomic E-state index is 5.76. The van der Waals surface area contributed by atoms with Crippen molar-refractivity contribution in [2.45, 2.75) is 30.9 Å². The molecule has 122 valence electrons. The lowest BCUT2D eigenvalue weighted by molar-refractivity contribution is 0.542. The molecule has 0 aliphatic rings. The van der Waals surface area contributed by atoms with Gasteiger partial charge in [-0.05, 0) is 24.3 Å². The van der Waals surface area contributed by atoms with Crippen molar-refractivity contribution in [1.82, 2.24) is 15.2 Å². The van der Waals surface area contributed by atoms with Crippen molar-refractivity contribution in [1.29, 1.82) is 0 Å². The highest BCUT2D eigenvalue weighted by atomic mass is 32.2. The predicted octanol–water partition coefficient (Wildman–Crippen LogP) is 4.92. The van der Waals surface area contributed by atoms with Gasteiger partial charge >= 0.3 is 0 Å². The van der Waals surface area contributed by atoms with Crippen LogP contribution in [0.1, 0.15) is 25.3 Å². The van der Waals surface area contributed by atoms with Crippen LogP contribution in [0.15, 0.2) is 26.3 Å². The molecular weight excluding hydrogens is 348 g/mol. The summed E-state index contributed by atoms with van der Waals surface area (Å²) in [5.74, 6) is 2.89. The lowest BCUT2D eigenvalue weighted by atomic mass is 10.2. The fourth-order valence-corrected chi connectivity index (χ4v) is 4.24. The van der Waals surface area contributed by atoms with Crippen LogP contribution < -0.4 is 5.32 Å². The van der Waals surface area contributed by atoms with E-state index in [4.69, 9.17) is 4.42 Å². The highest BCUT2D eigenvalue weighted by Gasteiger charge is 2.13. The lowest BCUT2D eigenvalue weighted by Gasteiger charge is -2.03. The molecule has 8 heteroatoms. The van der Waals surface area contributed by atoms with E-state index in [-0.39, 0.29) is 0 Å². The largest absolute Gasteiger partial charge is 0.440 e. The van der Waals surface area contributed by atoms with E-state index in [0.717, 1.165) is 38.1 Å². The van der Waals surface area contributed by atoms with E-state index in [1.807, 2.05) is 24.4 Å². The van der Waals surface area contributed by atoms with Crippen molar-refractivity contribution < 1.29 is 4.42 Å². The van der Waals surface area contributed by atoms with Gasteiger partial charge in [-0.15, -0.1) is 21.5 Å². The monoisotopic (exact) mass is 366 g/mol. The lowest BCUT2D eigenvalue weighted by Crippen LogP contribution is -2.07.